The van der Waals surface area contributed by atoms with Gasteiger partial charge in [-0.15, -0.1) is 0 Å². The first kappa shape index (κ1) is 10.1. The number of nitrogens with two attached hydrogens (primary N) is 1. The molecule has 0 radical (unpaired) electrons. The average Bonchev–Trinajstić information content (AvgIpc) is 2.76. The van der Waals surface area contributed by atoms with Crippen molar-refractivity contribution in [1.29, 1.82) is 0 Å². The van der Waals surface area contributed by atoms with Crippen LogP contribution in [0.3, 0.4) is 0 Å². The van der Waals surface area contributed by atoms with Gasteiger partial charge in [0.1, 0.15) is 0 Å². The van der Waals surface area contributed by atoms with Crippen LogP contribution in [0.5, 0.6) is 0 Å². The van der Waals surface area contributed by atoms with Crippen LogP contribution >= 0.6 is 11.5 Å². The van der Waals surface area contributed by atoms with E-state index in [9.17, 15) is 0 Å². The molecule has 4 heteroatoms. The van der Waals surface area contributed by atoms with Gasteiger partial charge in [0.05, 0.1) is 6.04 Å². The molecule has 2 heterocycles. The Kier molecular flexibility index (Phi) is 3.15. The molecule has 1 aromatic heterocycles. The molecule has 1 fully saturated rings. The molecule has 0 aromatic carbocycles. The van der Waals surface area contributed by atoms with E-state index in [1.807, 2.05) is 6.20 Å². The highest BCUT2D eigenvalue weighted by atomic mass is 32.1. The van der Waals surface area contributed by atoms with Crippen LogP contribution < -0.4 is 5.73 Å². The SMILES string of the molecule is CCCN1CC[C@H](N)[C@H]1c1cnsc1. The van der Waals surface area contributed by atoms with Crippen molar-refractivity contribution < 1.29 is 0 Å². The maximum absolute atomic E-state index is 6.13. The predicted molar refractivity (Wildman–Crippen MR) is 59.3 cm³/mol. The quantitative estimate of drug-likeness (QED) is 0.826. The Morgan fingerprint density at radius 2 is 2.57 bits per heavy atom. The van der Waals surface area contributed by atoms with Crippen molar-refractivity contribution in [2.45, 2.75) is 31.8 Å². The maximum Gasteiger partial charge on any atom is 0.0523 e. The van der Waals surface area contributed by atoms with E-state index in [4.69, 9.17) is 5.73 Å². The summed E-state index contributed by atoms with van der Waals surface area (Å²) >= 11 is 1.52. The lowest BCUT2D eigenvalue weighted by molar-refractivity contribution is 0.248. The summed E-state index contributed by atoms with van der Waals surface area (Å²) in [6.45, 7) is 4.50. The molecule has 3 nitrogen and oxygen atoms in total. The fourth-order valence-corrected chi connectivity index (χ4v) is 2.80. The Morgan fingerprint density at radius 3 is 3.21 bits per heavy atom. The van der Waals surface area contributed by atoms with Crippen LogP contribution in [0.1, 0.15) is 31.4 Å². The molecule has 1 saturated heterocycles. The third kappa shape index (κ3) is 1.82. The molecule has 2 atom stereocenters. The van der Waals surface area contributed by atoms with E-state index in [1.165, 1.54) is 23.5 Å². The van der Waals surface area contributed by atoms with Gasteiger partial charge in [0.2, 0.25) is 0 Å². The van der Waals surface area contributed by atoms with Gasteiger partial charge in [-0.05, 0) is 30.9 Å². The van der Waals surface area contributed by atoms with E-state index >= 15 is 0 Å². The van der Waals surface area contributed by atoms with Crippen LogP contribution in [-0.2, 0) is 0 Å². The Labute approximate surface area is 89.1 Å². The van der Waals surface area contributed by atoms with Crippen molar-refractivity contribution >= 4 is 11.5 Å². The van der Waals surface area contributed by atoms with E-state index < -0.39 is 0 Å². The molecule has 0 aliphatic carbocycles. The van der Waals surface area contributed by atoms with Gasteiger partial charge in [0.25, 0.3) is 0 Å². The van der Waals surface area contributed by atoms with Gasteiger partial charge < -0.3 is 5.73 Å². The van der Waals surface area contributed by atoms with Gasteiger partial charge in [0.15, 0.2) is 0 Å². The van der Waals surface area contributed by atoms with Crippen LogP contribution in [0.2, 0.25) is 0 Å². The topological polar surface area (TPSA) is 42.1 Å². The third-order valence-electron chi connectivity index (χ3n) is 2.85. The van der Waals surface area contributed by atoms with Gasteiger partial charge in [-0.1, -0.05) is 6.92 Å². The molecule has 0 saturated carbocycles. The Balaban J connectivity index is 2.13. The van der Waals surface area contributed by atoms with Crippen molar-refractivity contribution in [1.82, 2.24) is 9.27 Å². The molecule has 14 heavy (non-hydrogen) atoms. The van der Waals surface area contributed by atoms with Crippen molar-refractivity contribution in [2.75, 3.05) is 13.1 Å². The molecule has 1 aromatic rings. The van der Waals surface area contributed by atoms with Crippen LogP contribution in [0.15, 0.2) is 11.6 Å². The highest BCUT2D eigenvalue weighted by Crippen LogP contribution is 2.31. The second-order valence-corrected chi connectivity index (χ2v) is 4.55. The smallest absolute Gasteiger partial charge is 0.0523 e. The minimum Gasteiger partial charge on any atom is -0.326 e. The molecule has 2 N–H and O–H groups in total. The van der Waals surface area contributed by atoms with Crippen molar-refractivity contribution in [3.8, 4) is 0 Å². The van der Waals surface area contributed by atoms with Crippen LogP contribution in [0.25, 0.3) is 0 Å². The molecule has 1 aliphatic rings. The number of aromatic nitrogens is 1. The lowest BCUT2D eigenvalue weighted by atomic mass is 10.0. The minimum atomic E-state index is 0.290. The molecule has 78 valence electrons. The minimum absolute atomic E-state index is 0.290. The number of hydrogen-bond donors (Lipinski definition) is 1. The largest absolute Gasteiger partial charge is 0.326 e. The van der Waals surface area contributed by atoms with Crippen LogP contribution in [0.4, 0.5) is 0 Å². The fraction of sp³-hybridized carbons (Fsp3) is 0.700. The summed E-state index contributed by atoms with van der Waals surface area (Å²) in [5.74, 6) is 0. The van der Waals surface area contributed by atoms with Gasteiger partial charge in [-0.3, -0.25) is 4.90 Å². The van der Waals surface area contributed by atoms with E-state index in [-0.39, 0.29) is 6.04 Å². The monoisotopic (exact) mass is 211 g/mol. The number of nitrogens with zero attached hydrogens (tertiary/aromatic N) is 2. The summed E-state index contributed by atoms with van der Waals surface area (Å²) < 4.78 is 4.16. The summed E-state index contributed by atoms with van der Waals surface area (Å²) in [5, 5.41) is 2.12. The Hall–Kier alpha value is -0.450. The lowest BCUT2D eigenvalue weighted by Gasteiger charge is -2.25. The first-order valence-electron chi connectivity index (χ1n) is 5.22. The second kappa shape index (κ2) is 4.38. The molecular formula is C10H17N3S. The molecule has 2 rings (SSSR count). The summed E-state index contributed by atoms with van der Waals surface area (Å²) in [6.07, 6.45) is 4.27. The molecular weight excluding hydrogens is 194 g/mol. The number of rotatable bonds is 3. The fourth-order valence-electron chi connectivity index (χ4n) is 2.24. The van der Waals surface area contributed by atoms with Gasteiger partial charge in [-0.25, -0.2) is 4.37 Å². The van der Waals surface area contributed by atoms with E-state index in [0.29, 0.717) is 6.04 Å². The highest BCUT2D eigenvalue weighted by Gasteiger charge is 2.32. The van der Waals surface area contributed by atoms with Gasteiger partial charge in [-0.2, -0.15) is 0 Å². The van der Waals surface area contributed by atoms with E-state index in [1.54, 1.807) is 0 Å². The average molecular weight is 211 g/mol. The molecule has 0 unspecified atom stereocenters. The summed E-state index contributed by atoms with van der Waals surface area (Å²) in [6, 6.07) is 0.701. The van der Waals surface area contributed by atoms with Crippen LogP contribution in [0, 0.1) is 0 Å². The maximum atomic E-state index is 6.13. The second-order valence-electron chi connectivity index (χ2n) is 3.89. The Bertz CT molecular complexity index is 271. The van der Waals surface area contributed by atoms with Gasteiger partial charge in [0, 0.05) is 29.7 Å². The van der Waals surface area contributed by atoms with Crippen molar-refractivity contribution in [3.63, 3.8) is 0 Å². The third-order valence-corrected chi connectivity index (χ3v) is 3.46. The summed E-state index contributed by atoms with van der Waals surface area (Å²) in [7, 11) is 0. The molecule has 1 aliphatic heterocycles. The number of likely N-dealkylation sites (tertiary alicyclic amines) is 1. The standard InChI is InChI=1S/C10H17N3S/c1-2-4-13-5-3-9(11)10(13)8-6-12-14-7-8/h6-7,9-10H,2-5,11H2,1H3/t9-,10+/m0/s1. The zero-order valence-corrected chi connectivity index (χ0v) is 9.33. The lowest BCUT2D eigenvalue weighted by Crippen LogP contribution is -2.31. The van der Waals surface area contributed by atoms with Gasteiger partial charge >= 0.3 is 0 Å². The van der Waals surface area contributed by atoms with E-state index in [2.05, 4.69) is 21.6 Å². The summed E-state index contributed by atoms with van der Waals surface area (Å²) in [4.78, 5) is 2.48. The molecule has 0 bridgehead atoms. The first-order chi connectivity index (χ1) is 6.83. The van der Waals surface area contributed by atoms with Crippen molar-refractivity contribution in [2.24, 2.45) is 5.73 Å². The van der Waals surface area contributed by atoms with E-state index in [0.717, 1.165) is 19.5 Å². The summed E-state index contributed by atoms with van der Waals surface area (Å²) in [5.41, 5.74) is 7.43. The number of hydrogen-bond acceptors (Lipinski definition) is 4. The van der Waals surface area contributed by atoms with Crippen molar-refractivity contribution in [3.05, 3.63) is 17.1 Å². The highest BCUT2D eigenvalue weighted by molar-refractivity contribution is 7.03. The van der Waals surface area contributed by atoms with Crippen LogP contribution in [-0.4, -0.2) is 28.4 Å². The molecule has 0 amide bonds. The first-order valence-corrected chi connectivity index (χ1v) is 6.05. The Morgan fingerprint density at radius 1 is 1.71 bits per heavy atom. The normalized spacial score (nSPS) is 28.4. The molecule has 0 spiro atoms. The predicted octanol–water partition coefficient (Wildman–Crippen LogP) is 1.63. The zero-order valence-electron chi connectivity index (χ0n) is 8.52. The zero-order chi connectivity index (χ0) is 9.97.